The fourth-order valence-electron chi connectivity index (χ4n) is 0.798. The van der Waals surface area contributed by atoms with Gasteiger partial charge in [-0.15, -0.1) is 0 Å². The predicted molar refractivity (Wildman–Crippen MR) is 27.4 cm³/mol. The second-order valence-electron chi connectivity index (χ2n) is 2.15. The lowest BCUT2D eigenvalue weighted by Crippen LogP contribution is -2.54. The maximum absolute atomic E-state index is 9.87. The van der Waals surface area contributed by atoms with E-state index in [-0.39, 0.29) is 6.42 Å². The third-order valence-corrected chi connectivity index (χ3v) is 1.54. The van der Waals surface area contributed by atoms with E-state index in [4.69, 9.17) is 10.2 Å². The molecule has 0 heterocycles. The molecule has 1 saturated carbocycles. The highest BCUT2D eigenvalue weighted by molar-refractivity contribution is 4.89. The van der Waals surface area contributed by atoms with E-state index >= 15 is 0 Å². The SMILES string of the molecule is O=[N+]([O-])C1CC(O)C1O. The quantitative estimate of drug-likeness (QED) is 0.346. The minimum Gasteiger partial charge on any atom is -0.390 e. The van der Waals surface area contributed by atoms with Gasteiger partial charge in [0.05, 0.1) is 6.10 Å². The van der Waals surface area contributed by atoms with Gasteiger partial charge in [0, 0.05) is 11.3 Å². The van der Waals surface area contributed by atoms with Gasteiger partial charge in [0.2, 0.25) is 6.04 Å². The van der Waals surface area contributed by atoms with Crippen LogP contribution in [0.3, 0.4) is 0 Å². The smallest absolute Gasteiger partial charge is 0.243 e. The Morgan fingerprint density at radius 1 is 1.56 bits per heavy atom. The van der Waals surface area contributed by atoms with Crippen LogP contribution in [0.4, 0.5) is 0 Å². The minimum atomic E-state index is -1.15. The van der Waals surface area contributed by atoms with Crippen molar-refractivity contribution < 1.29 is 15.1 Å². The second-order valence-corrected chi connectivity index (χ2v) is 2.15. The van der Waals surface area contributed by atoms with Gasteiger partial charge >= 0.3 is 0 Å². The molecule has 0 aromatic rings. The molecule has 0 saturated heterocycles. The van der Waals surface area contributed by atoms with Crippen molar-refractivity contribution in [2.75, 3.05) is 0 Å². The van der Waals surface area contributed by atoms with Crippen LogP contribution in [0.1, 0.15) is 6.42 Å². The van der Waals surface area contributed by atoms with Gasteiger partial charge in [-0.1, -0.05) is 0 Å². The molecule has 0 radical (unpaired) electrons. The van der Waals surface area contributed by atoms with Crippen molar-refractivity contribution in [3.05, 3.63) is 10.1 Å². The van der Waals surface area contributed by atoms with E-state index in [2.05, 4.69) is 0 Å². The lowest BCUT2D eigenvalue weighted by Gasteiger charge is -2.30. The van der Waals surface area contributed by atoms with Crippen LogP contribution in [0.2, 0.25) is 0 Å². The van der Waals surface area contributed by atoms with E-state index in [0.717, 1.165) is 0 Å². The summed E-state index contributed by atoms with van der Waals surface area (Å²) in [5.41, 5.74) is 0. The topological polar surface area (TPSA) is 83.6 Å². The summed E-state index contributed by atoms with van der Waals surface area (Å²) in [5, 5.41) is 27.1. The van der Waals surface area contributed by atoms with E-state index < -0.39 is 23.2 Å². The van der Waals surface area contributed by atoms with Crippen molar-refractivity contribution in [3.63, 3.8) is 0 Å². The molecular weight excluding hydrogens is 126 g/mol. The molecular formula is C4H7NO4. The number of hydrogen-bond donors (Lipinski definition) is 2. The van der Waals surface area contributed by atoms with Crippen LogP contribution in [0, 0.1) is 10.1 Å². The van der Waals surface area contributed by atoms with Crippen molar-refractivity contribution in [1.82, 2.24) is 0 Å². The Balaban J connectivity index is 2.42. The molecule has 0 aromatic carbocycles. The van der Waals surface area contributed by atoms with E-state index in [9.17, 15) is 10.1 Å². The Labute approximate surface area is 51.1 Å². The molecule has 3 unspecified atom stereocenters. The molecule has 0 bridgehead atoms. The first-order valence-electron chi connectivity index (χ1n) is 2.62. The Bertz CT molecular complexity index is 137. The summed E-state index contributed by atoms with van der Waals surface area (Å²) < 4.78 is 0. The predicted octanol–water partition coefficient (Wildman–Crippen LogP) is -1.24. The maximum atomic E-state index is 9.87. The lowest BCUT2D eigenvalue weighted by atomic mass is 9.86. The number of aliphatic hydroxyl groups is 2. The molecule has 9 heavy (non-hydrogen) atoms. The van der Waals surface area contributed by atoms with Crippen LogP contribution in [0.15, 0.2) is 0 Å². The van der Waals surface area contributed by atoms with Gasteiger partial charge in [0.15, 0.2) is 0 Å². The maximum Gasteiger partial charge on any atom is 0.243 e. The number of aliphatic hydroxyl groups excluding tert-OH is 2. The van der Waals surface area contributed by atoms with Crippen molar-refractivity contribution >= 4 is 0 Å². The normalized spacial score (nSPS) is 41.8. The monoisotopic (exact) mass is 133 g/mol. The van der Waals surface area contributed by atoms with Crippen LogP contribution in [-0.2, 0) is 0 Å². The van der Waals surface area contributed by atoms with E-state index in [0.29, 0.717) is 0 Å². The van der Waals surface area contributed by atoms with Gasteiger partial charge in [-0.05, 0) is 0 Å². The Kier molecular flexibility index (Phi) is 1.38. The summed E-state index contributed by atoms with van der Waals surface area (Å²) in [5.74, 6) is 0. The average Bonchev–Trinajstić information content (AvgIpc) is 1.81. The summed E-state index contributed by atoms with van der Waals surface area (Å²) in [4.78, 5) is 9.30. The van der Waals surface area contributed by atoms with Crippen LogP contribution < -0.4 is 0 Å². The lowest BCUT2D eigenvalue weighted by molar-refractivity contribution is -0.557. The third kappa shape index (κ3) is 0.883. The van der Waals surface area contributed by atoms with Crippen molar-refractivity contribution in [1.29, 1.82) is 0 Å². The second kappa shape index (κ2) is 1.93. The number of nitrogens with zero attached hydrogens (tertiary/aromatic N) is 1. The zero-order chi connectivity index (χ0) is 7.02. The fraction of sp³-hybridized carbons (Fsp3) is 1.00. The highest BCUT2D eigenvalue weighted by atomic mass is 16.6. The van der Waals surface area contributed by atoms with Crippen molar-refractivity contribution in [2.45, 2.75) is 24.7 Å². The molecule has 1 aliphatic carbocycles. The van der Waals surface area contributed by atoms with Crippen molar-refractivity contribution in [2.24, 2.45) is 0 Å². The number of rotatable bonds is 1. The van der Waals surface area contributed by atoms with E-state index in [1.165, 1.54) is 0 Å². The van der Waals surface area contributed by atoms with E-state index in [1.54, 1.807) is 0 Å². The molecule has 52 valence electrons. The highest BCUT2D eigenvalue weighted by Crippen LogP contribution is 2.22. The molecule has 0 aromatic heterocycles. The average molecular weight is 133 g/mol. The summed E-state index contributed by atoms with van der Waals surface area (Å²) in [6.45, 7) is 0. The minimum absolute atomic E-state index is 0.0775. The van der Waals surface area contributed by atoms with Crippen LogP contribution in [0.25, 0.3) is 0 Å². The molecule has 5 nitrogen and oxygen atoms in total. The summed E-state index contributed by atoms with van der Waals surface area (Å²) in [7, 11) is 0. The number of hydrogen-bond acceptors (Lipinski definition) is 4. The zero-order valence-electron chi connectivity index (χ0n) is 4.60. The summed E-state index contributed by atoms with van der Waals surface area (Å²) in [6, 6.07) is -0.944. The molecule has 2 N–H and O–H groups in total. The standard InChI is InChI=1S/C4H7NO4/c6-3-1-2(4(3)7)5(8)9/h2-4,6-7H,1H2. The molecule has 0 amide bonds. The van der Waals surface area contributed by atoms with Gasteiger partial charge in [0.25, 0.3) is 0 Å². The first-order valence-corrected chi connectivity index (χ1v) is 2.62. The molecule has 1 aliphatic rings. The van der Waals surface area contributed by atoms with Crippen molar-refractivity contribution in [3.8, 4) is 0 Å². The van der Waals surface area contributed by atoms with Gasteiger partial charge in [-0.25, -0.2) is 0 Å². The fourth-order valence-corrected chi connectivity index (χ4v) is 0.798. The van der Waals surface area contributed by atoms with Crippen LogP contribution in [-0.4, -0.2) is 33.4 Å². The summed E-state index contributed by atoms with van der Waals surface area (Å²) in [6.07, 6.45) is -1.96. The van der Waals surface area contributed by atoms with Gasteiger partial charge in [-0.3, -0.25) is 10.1 Å². The third-order valence-electron chi connectivity index (χ3n) is 1.54. The van der Waals surface area contributed by atoms with Crippen LogP contribution >= 0.6 is 0 Å². The highest BCUT2D eigenvalue weighted by Gasteiger charge is 2.47. The van der Waals surface area contributed by atoms with Gasteiger partial charge in [0.1, 0.15) is 6.10 Å². The first-order chi connectivity index (χ1) is 4.13. The zero-order valence-corrected chi connectivity index (χ0v) is 4.60. The molecule has 1 fully saturated rings. The largest absolute Gasteiger partial charge is 0.390 e. The van der Waals surface area contributed by atoms with Gasteiger partial charge in [-0.2, -0.15) is 0 Å². The first kappa shape index (κ1) is 6.44. The molecule has 3 atom stereocenters. The van der Waals surface area contributed by atoms with E-state index in [1.807, 2.05) is 0 Å². The molecule has 5 heteroatoms. The van der Waals surface area contributed by atoms with Crippen LogP contribution in [0.5, 0.6) is 0 Å². The molecule has 1 rings (SSSR count). The molecule has 0 aliphatic heterocycles. The number of nitro groups is 1. The Morgan fingerprint density at radius 2 is 2.11 bits per heavy atom. The molecule has 0 spiro atoms. The van der Waals surface area contributed by atoms with Gasteiger partial charge < -0.3 is 10.2 Å². The summed E-state index contributed by atoms with van der Waals surface area (Å²) >= 11 is 0. The Morgan fingerprint density at radius 3 is 2.22 bits per heavy atom. The Hall–Kier alpha value is -0.680.